The van der Waals surface area contributed by atoms with Gasteiger partial charge in [0.05, 0.1) is 10.8 Å². The first-order valence-electron chi connectivity index (χ1n) is 9.68. The maximum atomic E-state index is 12.5. The number of halogens is 1. The van der Waals surface area contributed by atoms with Crippen molar-refractivity contribution in [1.82, 2.24) is 19.7 Å². The molecule has 0 N–H and O–H groups in total. The Balaban J connectivity index is 1.51. The van der Waals surface area contributed by atoms with Crippen molar-refractivity contribution in [3.63, 3.8) is 0 Å². The summed E-state index contributed by atoms with van der Waals surface area (Å²) in [7, 11) is 3.67. The van der Waals surface area contributed by atoms with E-state index in [-0.39, 0.29) is 12.5 Å². The fourth-order valence-corrected chi connectivity index (χ4v) is 3.84. The molecule has 30 heavy (non-hydrogen) atoms. The molecule has 8 heteroatoms. The molecular formula is C22H25ClN4O2S. The molecule has 0 spiro atoms. The summed E-state index contributed by atoms with van der Waals surface area (Å²) in [6.45, 7) is 2.96. The largest absolute Gasteiger partial charge is 0.484 e. The normalized spacial score (nSPS) is 10.8. The molecule has 0 fully saturated rings. The van der Waals surface area contributed by atoms with Crippen LogP contribution in [0.5, 0.6) is 5.75 Å². The summed E-state index contributed by atoms with van der Waals surface area (Å²) < 4.78 is 7.56. The van der Waals surface area contributed by atoms with Crippen molar-refractivity contribution in [3.8, 4) is 5.75 Å². The van der Waals surface area contributed by atoms with E-state index in [1.807, 2.05) is 30.8 Å². The molecule has 3 aromatic rings. The Hall–Kier alpha value is -2.51. The molecule has 158 valence electrons. The smallest absolute Gasteiger partial charge is 0.233 e. The molecular weight excluding hydrogens is 420 g/mol. The second-order valence-corrected chi connectivity index (χ2v) is 8.24. The lowest BCUT2D eigenvalue weighted by molar-refractivity contribution is -0.127. The highest BCUT2D eigenvalue weighted by molar-refractivity contribution is 7.99. The number of benzene rings is 2. The molecule has 0 bridgehead atoms. The number of hydrogen-bond donors (Lipinski definition) is 0. The predicted octanol–water partition coefficient (Wildman–Crippen LogP) is 4.36. The van der Waals surface area contributed by atoms with Gasteiger partial charge in [-0.2, -0.15) is 0 Å². The highest BCUT2D eigenvalue weighted by Crippen LogP contribution is 2.24. The van der Waals surface area contributed by atoms with Gasteiger partial charge in [0, 0.05) is 20.6 Å². The number of thioether (sulfide) groups is 1. The molecule has 0 unspecified atom stereocenters. The van der Waals surface area contributed by atoms with Crippen molar-refractivity contribution in [2.24, 2.45) is 7.05 Å². The van der Waals surface area contributed by atoms with E-state index in [1.54, 1.807) is 17.0 Å². The summed E-state index contributed by atoms with van der Waals surface area (Å²) in [6.07, 6.45) is 1.01. The first-order chi connectivity index (χ1) is 14.5. The van der Waals surface area contributed by atoms with Crippen LogP contribution < -0.4 is 4.74 Å². The maximum Gasteiger partial charge on any atom is 0.233 e. The predicted molar refractivity (Wildman–Crippen MR) is 120 cm³/mol. The summed E-state index contributed by atoms with van der Waals surface area (Å²) in [6, 6.07) is 15.6. The second-order valence-electron chi connectivity index (χ2n) is 6.89. The van der Waals surface area contributed by atoms with Crippen molar-refractivity contribution in [3.05, 3.63) is 70.5 Å². The molecule has 0 aliphatic rings. The number of amides is 1. The number of para-hydroxylation sites is 1. The first kappa shape index (κ1) is 22.2. The number of nitrogens with zero attached hydrogens (tertiary/aromatic N) is 4. The van der Waals surface area contributed by atoms with Crippen molar-refractivity contribution < 1.29 is 9.53 Å². The molecule has 1 amide bonds. The van der Waals surface area contributed by atoms with Gasteiger partial charge >= 0.3 is 0 Å². The maximum absolute atomic E-state index is 12.5. The topological polar surface area (TPSA) is 60.3 Å². The Morgan fingerprint density at radius 1 is 1.13 bits per heavy atom. The van der Waals surface area contributed by atoms with Crippen molar-refractivity contribution >= 4 is 29.3 Å². The summed E-state index contributed by atoms with van der Waals surface area (Å²) in [5, 5.41) is 9.56. The first-order valence-corrected chi connectivity index (χ1v) is 11.0. The fraction of sp³-hybridized carbons (Fsp3) is 0.318. The van der Waals surface area contributed by atoms with E-state index in [1.165, 1.54) is 17.3 Å². The van der Waals surface area contributed by atoms with Crippen LogP contribution >= 0.6 is 23.4 Å². The lowest BCUT2D eigenvalue weighted by Gasteiger charge is -2.17. The number of rotatable bonds is 9. The Bertz CT molecular complexity index is 991. The van der Waals surface area contributed by atoms with E-state index in [9.17, 15) is 4.79 Å². The molecule has 0 saturated heterocycles. The quantitative estimate of drug-likeness (QED) is 0.459. The summed E-state index contributed by atoms with van der Waals surface area (Å²) >= 11 is 7.47. The number of ether oxygens (including phenoxy) is 1. The van der Waals surface area contributed by atoms with Crippen molar-refractivity contribution in [2.75, 3.05) is 12.8 Å². The van der Waals surface area contributed by atoms with Crippen LogP contribution in [0, 0.1) is 0 Å². The number of hydrogen-bond acceptors (Lipinski definition) is 5. The summed E-state index contributed by atoms with van der Waals surface area (Å²) in [5.41, 5.74) is 2.41. The van der Waals surface area contributed by atoms with Gasteiger partial charge in [0.25, 0.3) is 0 Å². The molecule has 0 atom stereocenters. The number of aryl methyl sites for hydroxylation is 1. The zero-order valence-corrected chi connectivity index (χ0v) is 18.9. The summed E-state index contributed by atoms with van der Waals surface area (Å²) in [4.78, 5) is 14.2. The van der Waals surface area contributed by atoms with E-state index in [0.717, 1.165) is 12.0 Å². The minimum atomic E-state index is 0.0384. The van der Waals surface area contributed by atoms with Gasteiger partial charge in [0.1, 0.15) is 12.4 Å². The van der Waals surface area contributed by atoms with Gasteiger partial charge in [0.2, 0.25) is 5.91 Å². The van der Waals surface area contributed by atoms with Gasteiger partial charge in [0.15, 0.2) is 11.0 Å². The summed E-state index contributed by atoms with van der Waals surface area (Å²) in [5.74, 6) is 1.59. The highest BCUT2D eigenvalue weighted by atomic mass is 35.5. The molecule has 0 aliphatic heterocycles. The lowest BCUT2D eigenvalue weighted by atomic mass is 10.1. The monoisotopic (exact) mass is 444 g/mol. The molecule has 1 aromatic heterocycles. The highest BCUT2D eigenvalue weighted by Gasteiger charge is 2.15. The minimum Gasteiger partial charge on any atom is -0.484 e. The minimum absolute atomic E-state index is 0.0384. The van der Waals surface area contributed by atoms with Crippen LogP contribution in [0.4, 0.5) is 0 Å². The lowest BCUT2D eigenvalue weighted by Crippen LogP contribution is -2.27. The van der Waals surface area contributed by atoms with Crippen LogP contribution in [0.25, 0.3) is 0 Å². The third-order valence-electron chi connectivity index (χ3n) is 4.72. The molecule has 0 aliphatic carbocycles. The molecule has 0 saturated carbocycles. The zero-order chi connectivity index (χ0) is 21.5. The van der Waals surface area contributed by atoms with Gasteiger partial charge in [-0.3, -0.25) is 4.79 Å². The Labute approximate surface area is 186 Å². The van der Waals surface area contributed by atoms with E-state index in [2.05, 4.69) is 41.4 Å². The SMILES string of the molecule is CCc1ccc(CN(C)C(=O)CSc2nnc(COc3ccccc3Cl)n2C)cc1. The molecule has 6 nitrogen and oxygen atoms in total. The van der Waals surface area contributed by atoms with E-state index in [4.69, 9.17) is 16.3 Å². The van der Waals surface area contributed by atoms with Gasteiger partial charge in [-0.15, -0.1) is 10.2 Å². The van der Waals surface area contributed by atoms with Crippen LogP contribution in [0.1, 0.15) is 23.9 Å². The van der Waals surface area contributed by atoms with Crippen LogP contribution in [-0.4, -0.2) is 38.4 Å². The van der Waals surface area contributed by atoms with Gasteiger partial charge in [-0.05, 0) is 29.7 Å². The number of carbonyl (C=O) groups excluding carboxylic acids is 1. The average molecular weight is 445 g/mol. The Morgan fingerprint density at radius 3 is 2.53 bits per heavy atom. The number of aromatic nitrogens is 3. The second kappa shape index (κ2) is 10.5. The van der Waals surface area contributed by atoms with Crippen molar-refractivity contribution in [1.29, 1.82) is 0 Å². The molecule has 2 aromatic carbocycles. The van der Waals surface area contributed by atoms with Crippen LogP contribution in [0.2, 0.25) is 5.02 Å². The van der Waals surface area contributed by atoms with E-state index < -0.39 is 0 Å². The Kier molecular flexibility index (Phi) is 7.76. The molecule has 0 radical (unpaired) electrons. The van der Waals surface area contributed by atoms with Crippen LogP contribution in [0.15, 0.2) is 53.7 Å². The standard InChI is InChI=1S/C22H25ClN4O2S/c1-4-16-9-11-17(12-10-16)13-26(2)21(28)15-30-22-25-24-20(27(22)3)14-29-19-8-6-5-7-18(19)23/h5-12H,4,13-15H2,1-3H3. The van der Waals surface area contributed by atoms with Crippen LogP contribution in [-0.2, 0) is 31.4 Å². The van der Waals surface area contributed by atoms with Gasteiger partial charge in [-0.25, -0.2) is 0 Å². The molecule has 3 rings (SSSR count). The van der Waals surface area contributed by atoms with E-state index in [0.29, 0.717) is 34.1 Å². The third-order valence-corrected chi connectivity index (χ3v) is 6.04. The fourth-order valence-electron chi connectivity index (χ4n) is 2.78. The average Bonchev–Trinajstić information content (AvgIpc) is 3.11. The molecule has 1 heterocycles. The Morgan fingerprint density at radius 2 is 1.83 bits per heavy atom. The van der Waals surface area contributed by atoms with Gasteiger partial charge < -0.3 is 14.2 Å². The van der Waals surface area contributed by atoms with Crippen molar-refractivity contribution in [2.45, 2.75) is 31.7 Å². The van der Waals surface area contributed by atoms with Gasteiger partial charge in [-0.1, -0.05) is 66.7 Å². The zero-order valence-electron chi connectivity index (χ0n) is 17.3. The third kappa shape index (κ3) is 5.77. The number of carbonyl (C=O) groups is 1. The van der Waals surface area contributed by atoms with E-state index >= 15 is 0 Å². The van der Waals surface area contributed by atoms with Crippen LogP contribution in [0.3, 0.4) is 0 Å².